The normalized spacial score (nSPS) is 13.3. The summed E-state index contributed by atoms with van der Waals surface area (Å²) in [5.41, 5.74) is 5.99. The molecule has 1 atom stereocenters. The lowest BCUT2D eigenvalue weighted by Crippen LogP contribution is -2.21. The molecule has 1 aliphatic rings. The minimum atomic E-state index is -0.952. The fourth-order valence-electron chi connectivity index (χ4n) is 3.71. The quantitative estimate of drug-likeness (QED) is 0.271. The molecule has 32 heavy (non-hydrogen) atoms. The molecule has 0 aliphatic carbocycles. The molecule has 0 amide bonds. The Hall–Kier alpha value is -3.01. The second-order valence-electron chi connectivity index (χ2n) is 7.55. The van der Waals surface area contributed by atoms with E-state index in [0.717, 1.165) is 40.0 Å². The Labute approximate surface area is 194 Å². The van der Waals surface area contributed by atoms with Gasteiger partial charge in [0, 0.05) is 28.4 Å². The van der Waals surface area contributed by atoms with E-state index in [0.29, 0.717) is 19.1 Å². The number of aromatic carboxylic acids is 1. The Morgan fingerprint density at radius 2 is 1.88 bits per heavy atom. The van der Waals surface area contributed by atoms with Crippen LogP contribution in [0.3, 0.4) is 0 Å². The van der Waals surface area contributed by atoms with Gasteiger partial charge >= 0.3 is 5.97 Å². The van der Waals surface area contributed by atoms with Crippen LogP contribution in [0.25, 0.3) is 22.0 Å². The number of aromatic nitrogens is 1. The standard InChI is InChI=1S/C22H17ClN3O2P.C3H8/c23-18-10-21-20(25-29-12-26(21)14-4-2-1-3-5-14)9-15(18)13-6-7-19-16(8-13)17(11-24-19)22(27)28;1-3-2/h1-11,24-25,29H,12H2,(H,27,28);3H2,1-2H3. The fourth-order valence-corrected chi connectivity index (χ4v) is 4.96. The monoisotopic (exact) mass is 465 g/mol. The number of carboxylic acids is 1. The number of para-hydroxylation sites is 1. The highest BCUT2D eigenvalue weighted by atomic mass is 35.5. The van der Waals surface area contributed by atoms with Crippen molar-refractivity contribution in [3.63, 3.8) is 0 Å². The number of aromatic amines is 1. The van der Waals surface area contributed by atoms with E-state index in [1.54, 1.807) is 0 Å². The molecule has 1 aliphatic heterocycles. The van der Waals surface area contributed by atoms with Crippen LogP contribution in [-0.2, 0) is 0 Å². The fraction of sp³-hybridized carbons (Fsp3) is 0.160. The van der Waals surface area contributed by atoms with E-state index in [1.807, 2.05) is 48.5 Å². The number of carboxylic acid groups (broad SMARTS) is 1. The summed E-state index contributed by atoms with van der Waals surface area (Å²) in [6.07, 6.45) is 3.65. The van der Waals surface area contributed by atoms with Crippen molar-refractivity contribution in [3.05, 3.63) is 77.4 Å². The number of carbonyl (C=O) groups is 1. The van der Waals surface area contributed by atoms with E-state index in [4.69, 9.17) is 11.6 Å². The number of rotatable bonds is 3. The van der Waals surface area contributed by atoms with Crippen molar-refractivity contribution in [3.8, 4) is 11.1 Å². The van der Waals surface area contributed by atoms with Gasteiger partial charge in [-0.3, -0.25) is 0 Å². The topological polar surface area (TPSA) is 68.4 Å². The van der Waals surface area contributed by atoms with Crippen molar-refractivity contribution in [2.45, 2.75) is 20.3 Å². The van der Waals surface area contributed by atoms with Gasteiger partial charge in [0.2, 0.25) is 0 Å². The lowest BCUT2D eigenvalue weighted by atomic mass is 10.0. The van der Waals surface area contributed by atoms with Gasteiger partial charge in [-0.25, -0.2) is 4.79 Å². The molecule has 7 heteroatoms. The third-order valence-corrected chi connectivity index (χ3v) is 6.36. The molecule has 164 valence electrons. The summed E-state index contributed by atoms with van der Waals surface area (Å²) in [6, 6.07) is 20.0. The Balaban J connectivity index is 0.000000775. The zero-order valence-corrected chi connectivity index (χ0v) is 19.7. The Kier molecular flexibility index (Phi) is 6.69. The molecule has 3 aromatic carbocycles. The molecule has 1 unspecified atom stereocenters. The van der Waals surface area contributed by atoms with Crippen LogP contribution < -0.4 is 9.99 Å². The SMILES string of the molecule is CCC.O=C(O)c1c[nH]c2ccc(-c3cc4c(cc3Cl)N(c3ccccc3)CPN4)cc12. The van der Waals surface area contributed by atoms with Gasteiger partial charge in [0.15, 0.2) is 0 Å². The Morgan fingerprint density at radius 1 is 1.12 bits per heavy atom. The van der Waals surface area contributed by atoms with Gasteiger partial charge in [-0.2, -0.15) is 0 Å². The molecule has 0 spiro atoms. The highest BCUT2D eigenvalue weighted by molar-refractivity contribution is 7.40. The maximum absolute atomic E-state index is 11.5. The van der Waals surface area contributed by atoms with Crippen molar-refractivity contribution in [2.75, 3.05) is 16.3 Å². The molecule has 5 rings (SSSR count). The third kappa shape index (κ3) is 4.32. The van der Waals surface area contributed by atoms with E-state index >= 15 is 0 Å². The number of H-pyrrole nitrogens is 1. The zero-order chi connectivity index (χ0) is 22.7. The molecule has 4 aromatic rings. The summed E-state index contributed by atoms with van der Waals surface area (Å²) in [5.74, 6) is -0.952. The molecule has 0 bridgehead atoms. The number of anilines is 3. The van der Waals surface area contributed by atoms with Crippen molar-refractivity contribution >= 4 is 54.3 Å². The molecule has 3 N–H and O–H groups in total. The first-order valence-electron chi connectivity index (χ1n) is 10.5. The Morgan fingerprint density at radius 3 is 2.59 bits per heavy atom. The third-order valence-electron chi connectivity index (χ3n) is 5.13. The minimum Gasteiger partial charge on any atom is -0.478 e. The predicted octanol–water partition coefficient (Wildman–Crippen LogP) is 7.72. The summed E-state index contributed by atoms with van der Waals surface area (Å²) < 4.78 is 0. The first kappa shape index (κ1) is 22.2. The molecular formula is C25H25ClN3O2P. The minimum absolute atomic E-state index is 0.255. The van der Waals surface area contributed by atoms with Crippen molar-refractivity contribution in [2.24, 2.45) is 0 Å². The van der Waals surface area contributed by atoms with E-state index < -0.39 is 5.97 Å². The van der Waals surface area contributed by atoms with Crippen LogP contribution in [0, 0.1) is 0 Å². The van der Waals surface area contributed by atoms with Crippen molar-refractivity contribution in [1.29, 1.82) is 0 Å². The number of benzene rings is 3. The highest BCUT2D eigenvalue weighted by Crippen LogP contribution is 2.45. The number of nitrogens with one attached hydrogen (secondary N) is 2. The van der Waals surface area contributed by atoms with Gasteiger partial charge in [-0.1, -0.05) is 56.1 Å². The molecule has 2 heterocycles. The first-order valence-corrected chi connectivity index (χ1v) is 12.1. The number of hydrogen-bond acceptors (Lipinski definition) is 3. The van der Waals surface area contributed by atoms with Gasteiger partial charge in [-0.15, -0.1) is 0 Å². The number of hydrogen-bond donors (Lipinski definition) is 3. The molecular weight excluding hydrogens is 441 g/mol. The van der Waals surface area contributed by atoms with Crippen LogP contribution in [0.15, 0.2) is 66.9 Å². The molecule has 0 fully saturated rings. The van der Waals surface area contributed by atoms with Crippen molar-refractivity contribution < 1.29 is 9.90 Å². The molecule has 0 saturated carbocycles. The smallest absolute Gasteiger partial charge is 0.337 e. The highest BCUT2D eigenvalue weighted by Gasteiger charge is 2.21. The molecule has 0 radical (unpaired) electrons. The van der Waals surface area contributed by atoms with E-state index in [-0.39, 0.29) is 5.56 Å². The van der Waals surface area contributed by atoms with Crippen LogP contribution in [0.2, 0.25) is 5.02 Å². The van der Waals surface area contributed by atoms with Crippen LogP contribution >= 0.6 is 20.3 Å². The Bertz CT molecular complexity index is 1260. The molecule has 1 aromatic heterocycles. The van der Waals surface area contributed by atoms with Crippen LogP contribution in [0.1, 0.15) is 30.6 Å². The predicted molar refractivity (Wildman–Crippen MR) is 137 cm³/mol. The molecule has 0 saturated heterocycles. The molecule has 5 nitrogen and oxygen atoms in total. The second kappa shape index (κ2) is 9.64. The number of halogens is 1. The average molecular weight is 466 g/mol. The van der Waals surface area contributed by atoms with Gasteiger partial charge in [0.25, 0.3) is 0 Å². The maximum Gasteiger partial charge on any atom is 0.337 e. The van der Waals surface area contributed by atoms with Gasteiger partial charge in [0.1, 0.15) is 0 Å². The van der Waals surface area contributed by atoms with E-state index in [2.05, 4.69) is 41.0 Å². The van der Waals surface area contributed by atoms with E-state index in [9.17, 15) is 9.90 Å². The summed E-state index contributed by atoms with van der Waals surface area (Å²) >= 11 is 6.70. The van der Waals surface area contributed by atoms with E-state index in [1.165, 1.54) is 12.6 Å². The lowest BCUT2D eigenvalue weighted by Gasteiger charge is -2.32. The van der Waals surface area contributed by atoms with Gasteiger partial charge in [0.05, 0.1) is 28.2 Å². The zero-order valence-electron chi connectivity index (χ0n) is 17.9. The summed E-state index contributed by atoms with van der Waals surface area (Å²) in [6.45, 7) is 4.25. The summed E-state index contributed by atoms with van der Waals surface area (Å²) in [7, 11) is 0.560. The summed E-state index contributed by atoms with van der Waals surface area (Å²) in [5, 5.41) is 14.2. The van der Waals surface area contributed by atoms with Crippen LogP contribution in [0.5, 0.6) is 0 Å². The van der Waals surface area contributed by atoms with Gasteiger partial charge < -0.3 is 20.1 Å². The number of nitrogens with zero attached hydrogens (tertiary/aromatic N) is 1. The first-order chi connectivity index (χ1) is 15.5. The maximum atomic E-state index is 11.5. The largest absolute Gasteiger partial charge is 0.478 e. The van der Waals surface area contributed by atoms with Gasteiger partial charge in [-0.05, 0) is 50.7 Å². The second-order valence-corrected chi connectivity index (χ2v) is 8.87. The van der Waals surface area contributed by atoms with Crippen molar-refractivity contribution in [1.82, 2.24) is 4.98 Å². The number of fused-ring (bicyclic) bond motifs is 2. The summed E-state index contributed by atoms with van der Waals surface area (Å²) in [4.78, 5) is 16.8. The lowest BCUT2D eigenvalue weighted by molar-refractivity contribution is 0.0699. The average Bonchev–Trinajstić information content (AvgIpc) is 3.23. The van der Waals surface area contributed by atoms with Crippen LogP contribution in [-0.4, -0.2) is 22.3 Å². The van der Waals surface area contributed by atoms with Crippen LogP contribution in [0.4, 0.5) is 17.1 Å².